The third-order valence-corrected chi connectivity index (χ3v) is 6.57. The van der Waals surface area contributed by atoms with E-state index in [0.717, 1.165) is 27.4 Å². The molecule has 0 bridgehead atoms. The van der Waals surface area contributed by atoms with Gasteiger partial charge >= 0.3 is 0 Å². The molecule has 0 aliphatic heterocycles. The lowest BCUT2D eigenvalue weighted by molar-refractivity contribution is 0.102. The summed E-state index contributed by atoms with van der Waals surface area (Å²) in [6, 6.07) is 20.4. The minimum absolute atomic E-state index is 0.110. The monoisotopic (exact) mass is 402 g/mol. The number of ketones is 1. The highest BCUT2D eigenvalue weighted by molar-refractivity contribution is 7.99. The van der Waals surface area contributed by atoms with E-state index in [4.69, 9.17) is 0 Å². The van der Waals surface area contributed by atoms with Crippen molar-refractivity contribution in [2.24, 2.45) is 0 Å². The molecule has 1 heterocycles. The molecular weight excluding hydrogens is 376 g/mol. The molecule has 1 saturated carbocycles. The average molecular weight is 403 g/mol. The molecule has 1 aliphatic rings. The Kier molecular flexibility index (Phi) is 6.40. The number of carbonyl (C=O) groups is 1. The van der Waals surface area contributed by atoms with Gasteiger partial charge in [-0.15, -0.1) is 10.2 Å². The van der Waals surface area contributed by atoms with Crippen LogP contribution in [0, 0.1) is 6.92 Å². The molecule has 4 rings (SSSR count). The van der Waals surface area contributed by atoms with Gasteiger partial charge in [0.05, 0.1) is 11.4 Å². The molecule has 0 amide bonds. The smallest absolute Gasteiger partial charge is 0.173 e. The zero-order valence-corrected chi connectivity index (χ0v) is 17.6. The highest BCUT2D eigenvalue weighted by atomic mass is 32.2. The Morgan fingerprint density at radius 2 is 1.62 bits per heavy atom. The van der Waals surface area contributed by atoms with Crippen molar-refractivity contribution in [2.75, 3.05) is 5.75 Å². The van der Waals surface area contributed by atoms with Gasteiger partial charge in [0.25, 0.3) is 0 Å². The molecule has 1 fully saturated rings. The van der Waals surface area contributed by atoms with Gasteiger partial charge in [0.2, 0.25) is 0 Å². The van der Waals surface area contributed by atoms with Crippen molar-refractivity contribution in [1.82, 2.24) is 10.2 Å². The van der Waals surface area contributed by atoms with Crippen LogP contribution in [0.2, 0.25) is 0 Å². The second-order valence-corrected chi connectivity index (χ2v) is 8.79. The Balaban J connectivity index is 1.36. The Morgan fingerprint density at radius 1 is 0.897 bits per heavy atom. The summed E-state index contributed by atoms with van der Waals surface area (Å²) in [7, 11) is 0. The number of benzene rings is 2. The molecule has 0 N–H and O–H groups in total. The van der Waals surface area contributed by atoms with Gasteiger partial charge in [-0.3, -0.25) is 4.79 Å². The molecule has 4 heteroatoms. The first-order chi connectivity index (χ1) is 14.2. The van der Waals surface area contributed by atoms with E-state index in [9.17, 15) is 4.79 Å². The maximum atomic E-state index is 12.3. The number of hydrogen-bond donors (Lipinski definition) is 0. The van der Waals surface area contributed by atoms with E-state index >= 15 is 0 Å². The predicted molar refractivity (Wildman–Crippen MR) is 120 cm³/mol. The summed E-state index contributed by atoms with van der Waals surface area (Å²) in [5, 5.41) is 9.45. The number of hydrogen-bond acceptors (Lipinski definition) is 4. The Bertz CT molecular complexity index is 944. The summed E-state index contributed by atoms with van der Waals surface area (Å²) in [6.45, 7) is 2.02. The molecule has 3 aromatic rings. The second-order valence-electron chi connectivity index (χ2n) is 7.79. The molecule has 1 aliphatic carbocycles. The van der Waals surface area contributed by atoms with E-state index in [1.165, 1.54) is 49.4 Å². The summed E-state index contributed by atoms with van der Waals surface area (Å²) < 4.78 is 0. The molecule has 2 aromatic carbocycles. The molecular formula is C25H26N2OS. The molecule has 29 heavy (non-hydrogen) atoms. The maximum Gasteiger partial charge on any atom is 0.173 e. The number of Topliss-reactive ketones (excluding diaryl/α,β-unsaturated/α-hetero) is 1. The topological polar surface area (TPSA) is 42.9 Å². The Hall–Kier alpha value is -2.46. The summed E-state index contributed by atoms with van der Waals surface area (Å²) >= 11 is 1.43. The molecule has 0 radical (unpaired) electrons. The van der Waals surface area contributed by atoms with E-state index in [0.29, 0.717) is 11.7 Å². The van der Waals surface area contributed by atoms with E-state index < -0.39 is 0 Å². The predicted octanol–water partition coefficient (Wildman–Crippen LogP) is 6.47. The first-order valence-corrected chi connectivity index (χ1v) is 11.3. The summed E-state index contributed by atoms with van der Waals surface area (Å²) in [5.41, 5.74) is 5.30. The SMILES string of the molecule is Cc1ccc(C(=O)CSc2ccc(-c3ccc(C4CCCCC4)cc3)nn2)cc1. The fraction of sp³-hybridized carbons (Fsp3) is 0.320. The first kappa shape index (κ1) is 19.8. The van der Waals surface area contributed by atoms with E-state index in [1.54, 1.807) is 0 Å². The minimum Gasteiger partial charge on any atom is -0.293 e. The zero-order valence-electron chi connectivity index (χ0n) is 16.8. The van der Waals surface area contributed by atoms with Crippen LogP contribution >= 0.6 is 11.8 Å². The fourth-order valence-corrected chi connectivity index (χ4v) is 4.58. The third-order valence-electron chi connectivity index (χ3n) is 5.65. The maximum absolute atomic E-state index is 12.3. The Morgan fingerprint density at radius 3 is 2.28 bits per heavy atom. The highest BCUT2D eigenvalue weighted by Crippen LogP contribution is 2.33. The quantitative estimate of drug-likeness (QED) is 0.350. The van der Waals surface area contributed by atoms with Crippen LogP contribution in [-0.2, 0) is 0 Å². The van der Waals surface area contributed by atoms with Crippen LogP contribution in [0.4, 0.5) is 0 Å². The molecule has 3 nitrogen and oxygen atoms in total. The number of nitrogens with zero attached hydrogens (tertiary/aromatic N) is 2. The van der Waals surface area contributed by atoms with Gasteiger partial charge in [-0.05, 0) is 43.4 Å². The number of carbonyl (C=O) groups excluding carboxylic acids is 1. The van der Waals surface area contributed by atoms with E-state index in [2.05, 4.69) is 34.5 Å². The number of thioether (sulfide) groups is 1. The van der Waals surface area contributed by atoms with Crippen molar-refractivity contribution in [3.05, 3.63) is 77.4 Å². The van der Waals surface area contributed by atoms with E-state index in [-0.39, 0.29) is 5.78 Å². The van der Waals surface area contributed by atoms with Gasteiger partial charge in [0, 0.05) is 11.1 Å². The lowest BCUT2D eigenvalue weighted by Crippen LogP contribution is -2.04. The number of aryl methyl sites for hydroxylation is 1. The fourth-order valence-electron chi connectivity index (χ4n) is 3.88. The van der Waals surface area contributed by atoms with Gasteiger partial charge in [0.15, 0.2) is 5.78 Å². The highest BCUT2D eigenvalue weighted by Gasteiger charge is 2.15. The van der Waals surface area contributed by atoms with Crippen LogP contribution in [0.5, 0.6) is 0 Å². The van der Waals surface area contributed by atoms with Crippen molar-refractivity contribution >= 4 is 17.5 Å². The van der Waals surface area contributed by atoms with Crippen LogP contribution in [-0.4, -0.2) is 21.7 Å². The van der Waals surface area contributed by atoms with Crippen LogP contribution < -0.4 is 0 Å². The molecule has 0 unspecified atom stereocenters. The van der Waals surface area contributed by atoms with Crippen molar-refractivity contribution < 1.29 is 4.79 Å². The zero-order chi connectivity index (χ0) is 20.1. The van der Waals surface area contributed by atoms with Crippen LogP contribution in [0.25, 0.3) is 11.3 Å². The molecule has 0 saturated heterocycles. The van der Waals surface area contributed by atoms with Crippen molar-refractivity contribution in [2.45, 2.75) is 50.0 Å². The number of rotatable bonds is 6. The first-order valence-electron chi connectivity index (χ1n) is 10.4. The summed E-state index contributed by atoms with van der Waals surface area (Å²) in [6.07, 6.45) is 6.71. The van der Waals surface area contributed by atoms with E-state index in [1.807, 2.05) is 43.3 Å². The largest absolute Gasteiger partial charge is 0.293 e. The van der Waals surface area contributed by atoms with Crippen molar-refractivity contribution in [1.29, 1.82) is 0 Å². The molecule has 148 valence electrons. The summed E-state index contributed by atoms with van der Waals surface area (Å²) in [4.78, 5) is 12.3. The van der Waals surface area contributed by atoms with Gasteiger partial charge in [-0.2, -0.15) is 0 Å². The number of aromatic nitrogens is 2. The van der Waals surface area contributed by atoms with Crippen LogP contribution in [0.3, 0.4) is 0 Å². The van der Waals surface area contributed by atoms with Gasteiger partial charge in [-0.1, -0.05) is 85.1 Å². The standard InChI is InChI=1S/C25H26N2OS/c1-18-7-9-22(10-8-18)24(28)17-29-25-16-15-23(26-27-25)21-13-11-20(12-14-21)19-5-3-2-4-6-19/h7-16,19H,2-6,17H2,1H3. The van der Waals surface area contributed by atoms with Crippen molar-refractivity contribution in [3.8, 4) is 11.3 Å². The second kappa shape index (κ2) is 9.36. The van der Waals surface area contributed by atoms with Gasteiger partial charge in [0.1, 0.15) is 5.03 Å². The van der Waals surface area contributed by atoms with Gasteiger partial charge in [-0.25, -0.2) is 0 Å². The molecule has 0 spiro atoms. The summed E-state index contributed by atoms with van der Waals surface area (Å²) in [5.74, 6) is 1.19. The van der Waals surface area contributed by atoms with Crippen molar-refractivity contribution in [3.63, 3.8) is 0 Å². The normalized spacial score (nSPS) is 14.7. The third kappa shape index (κ3) is 5.13. The van der Waals surface area contributed by atoms with Crippen LogP contribution in [0.1, 0.15) is 59.5 Å². The molecule has 0 atom stereocenters. The molecule has 1 aromatic heterocycles. The lowest BCUT2D eigenvalue weighted by atomic mass is 9.84. The Labute approximate surface area is 177 Å². The lowest BCUT2D eigenvalue weighted by Gasteiger charge is -2.22. The van der Waals surface area contributed by atoms with Gasteiger partial charge < -0.3 is 0 Å². The van der Waals surface area contributed by atoms with Crippen LogP contribution in [0.15, 0.2) is 65.7 Å². The average Bonchev–Trinajstić information content (AvgIpc) is 2.79. The minimum atomic E-state index is 0.110.